The van der Waals surface area contributed by atoms with Gasteiger partial charge < -0.3 is 25.6 Å². The van der Waals surface area contributed by atoms with Crippen molar-refractivity contribution >= 4 is 11.5 Å². The van der Waals surface area contributed by atoms with Crippen LogP contribution < -0.4 is 15.8 Å². The van der Waals surface area contributed by atoms with Crippen LogP contribution >= 0.6 is 0 Å². The van der Waals surface area contributed by atoms with Gasteiger partial charge in [-0.3, -0.25) is 4.79 Å². The van der Waals surface area contributed by atoms with E-state index in [1.54, 1.807) is 25.1 Å². The molecule has 0 aliphatic rings. The Morgan fingerprint density at radius 3 is 2.80 bits per heavy atom. The van der Waals surface area contributed by atoms with Crippen molar-refractivity contribution in [3.8, 4) is 5.75 Å². The van der Waals surface area contributed by atoms with E-state index in [9.17, 15) is 4.79 Å². The van der Waals surface area contributed by atoms with Gasteiger partial charge in [-0.15, -0.1) is 0 Å². The summed E-state index contributed by atoms with van der Waals surface area (Å²) >= 11 is 0. The van der Waals surface area contributed by atoms with Crippen LogP contribution in [0.1, 0.15) is 17.3 Å². The van der Waals surface area contributed by atoms with Gasteiger partial charge >= 0.3 is 0 Å². The fraction of sp³-hybridized carbons (Fsp3) is 0.500. The van der Waals surface area contributed by atoms with Crippen molar-refractivity contribution in [1.29, 1.82) is 0 Å². The number of aliphatic hydroxyl groups is 1. The van der Waals surface area contributed by atoms with E-state index < -0.39 is 0 Å². The number of benzene rings is 1. The number of carbonyl (C=O) groups is 1. The zero-order valence-corrected chi connectivity index (χ0v) is 11.9. The third kappa shape index (κ3) is 4.80. The summed E-state index contributed by atoms with van der Waals surface area (Å²) in [6.07, 6.45) is 0. The molecule has 6 nitrogen and oxygen atoms in total. The van der Waals surface area contributed by atoms with Crippen LogP contribution in [0.25, 0.3) is 0 Å². The summed E-state index contributed by atoms with van der Waals surface area (Å²) in [5.41, 5.74) is 6.77. The van der Waals surface area contributed by atoms with E-state index in [0.29, 0.717) is 36.8 Å². The van der Waals surface area contributed by atoms with E-state index in [0.717, 1.165) is 0 Å². The Bertz CT molecular complexity index is 437. The third-order valence-electron chi connectivity index (χ3n) is 2.84. The summed E-state index contributed by atoms with van der Waals surface area (Å²) in [7, 11) is 1.53. The lowest BCUT2D eigenvalue weighted by Gasteiger charge is -2.14. The van der Waals surface area contributed by atoms with Crippen molar-refractivity contribution < 1.29 is 19.4 Å². The van der Waals surface area contributed by atoms with E-state index in [1.165, 1.54) is 7.11 Å². The molecule has 1 rings (SSSR count). The van der Waals surface area contributed by atoms with Gasteiger partial charge in [0.1, 0.15) is 5.75 Å². The maximum absolute atomic E-state index is 12.2. The second-order valence-corrected chi connectivity index (χ2v) is 4.33. The summed E-state index contributed by atoms with van der Waals surface area (Å²) < 4.78 is 10.2. The monoisotopic (exact) mass is 282 g/mol. The third-order valence-corrected chi connectivity index (χ3v) is 2.84. The Balaban J connectivity index is 2.50. The van der Waals surface area contributed by atoms with Crippen LogP contribution in [0.2, 0.25) is 0 Å². The first-order chi connectivity index (χ1) is 9.60. The standard InChI is InChI=1S/C14H22N2O4/c1-10(16-5-7-20-8-6-17)14(18)11-3-4-13(19-2)12(15)9-11/h3-4,9-10,16-17H,5-8,15H2,1-2H3. The smallest absolute Gasteiger partial charge is 0.179 e. The van der Waals surface area contributed by atoms with E-state index in [4.69, 9.17) is 20.3 Å². The van der Waals surface area contributed by atoms with Gasteiger partial charge in [0, 0.05) is 12.1 Å². The van der Waals surface area contributed by atoms with E-state index in [1.807, 2.05) is 0 Å². The Hall–Kier alpha value is -1.63. The largest absolute Gasteiger partial charge is 0.495 e. The number of rotatable bonds is 9. The van der Waals surface area contributed by atoms with Gasteiger partial charge in [0.2, 0.25) is 0 Å². The predicted octanol–water partition coefficient (Wildman–Crippen LogP) is 0.447. The fourth-order valence-electron chi connectivity index (χ4n) is 1.74. The molecular formula is C14H22N2O4. The number of aliphatic hydroxyl groups excluding tert-OH is 1. The van der Waals surface area contributed by atoms with Gasteiger partial charge in [-0.25, -0.2) is 0 Å². The second-order valence-electron chi connectivity index (χ2n) is 4.33. The molecule has 1 atom stereocenters. The molecule has 0 aliphatic heterocycles. The Labute approximate surface area is 118 Å². The molecule has 0 amide bonds. The highest BCUT2D eigenvalue weighted by Gasteiger charge is 2.15. The molecule has 0 saturated heterocycles. The molecule has 4 N–H and O–H groups in total. The normalized spacial score (nSPS) is 12.2. The Morgan fingerprint density at radius 2 is 2.20 bits per heavy atom. The zero-order chi connectivity index (χ0) is 15.0. The SMILES string of the molecule is COc1ccc(C(=O)C(C)NCCOCCO)cc1N. The van der Waals surface area contributed by atoms with E-state index >= 15 is 0 Å². The highest BCUT2D eigenvalue weighted by Crippen LogP contribution is 2.22. The van der Waals surface area contributed by atoms with Crippen LogP contribution in [0.4, 0.5) is 5.69 Å². The highest BCUT2D eigenvalue weighted by molar-refractivity contribution is 6.00. The first-order valence-electron chi connectivity index (χ1n) is 6.50. The number of ketones is 1. The molecule has 20 heavy (non-hydrogen) atoms. The van der Waals surface area contributed by atoms with Crippen molar-refractivity contribution in [2.45, 2.75) is 13.0 Å². The predicted molar refractivity (Wildman–Crippen MR) is 77.1 cm³/mol. The van der Waals surface area contributed by atoms with Gasteiger partial charge in [0.15, 0.2) is 5.78 Å². The molecule has 0 bridgehead atoms. The van der Waals surface area contributed by atoms with E-state index in [2.05, 4.69) is 5.32 Å². The highest BCUT2D eigenvalue weighted by atomic mass is 16.5. The molecule has 0 spiro atoms. The van der Waals surface area contributed by atoms with Crippen molar-refractivity contribution in [3.63, 3.8) is 0 Å². The minimum Gasteiger partial charge on any atom is -0.495 e. The summed E-state index contributed by atoms with van der Waals surface area (Å²) in [4.78, 5) is 12.2. The van der Waals surface area contributed by atoms with Gasteiger partial charge in [-0.05, 0) is 25.1 Å². The summed E-state index contributed by atoms with van der Waals surface area (Å²) in [6.45, 7) is 3.08. The molecule has 1 unspecified atom stereocenters. The first kappa shape index (κ1) is 16.4. The van der Waals surface area contributed by atoms with Crippen molar-refractivity contribution in [1.82, 2.24) is 5.32 Å². The number of hydrogen-bond acceptors (Lipinski definition) is 6. The van der Waals surface area contributed by atoms with Crippen molar-refractivity contribution in [2.75, 3.05) is 39.2 Å². The van der Waals surface area contributed by atoms with Gasteiger partial charge in [-0.2, -0.15) is 0 Å². The fourth-order valence-corrected chi connectivity index (χ4v) is 1.74. The van der Waals surface area contributed by atoms with Gasteiger partial charge in [-0.1, -0.05) is 0 Å². The van der Waals surface area contributed by atoms with Gasteiger partial charge in [0.25, 0.3) is 0 Å². The molecule has 1 aromatic carbocycles. The number of carbonyl (C=O) groups excluding carboxylic acids is 1. The average Bonchev–Trinajstić information content (AvgIpc) is 2.46. The quantitative estimate of drug-likeness (QED) is 0.346. The molecule has 0 aliphatic carbocycles. The number of nitrogens with two attached hydrogens (primary N) is 1. The maximum Gasteiger partial charge on any atom is 0.179 e. The lowest BCUT2D eigenvalue weighted by atomic mass is 10.0. The number of nitrogens with one attached hydrogen (secondary N) is 1. The number of anilines is 1. The number of Topliss-reactive ketones (excluding diaryl/α,β-unsaturated/α-hetero) is 1. The second kappa shape index (κ2) is 8.52. The molecule has 6 heteroatoms. The minimum atomic E-state index is -0.333. The number of hydrogen-bond donors (Lipinski definition) is 3. The van der Waals surface area contributed by atoms with Crippen LogP contribution in [-0.2, 0) is 4.74 Å². The molecule has 0 aromatic heterocycles. The lowest BCUT2D eigenvalue weighted by Crippen LogP contribution is -2.36. The van der Waals surface area contributed by atoms with Crippen molar-refractivity contribution in [3.05, 3.63) is 23.8 Å². The Morgan fingerprint density at radius 1 is 1.45 bits per heavy atom. The number of nitrogen functional groups attached to an aromatic ring is 1. The molecule has 0 saturated carbocycles. The van der Waals surface area contributed by atoms with Crippen molar-refractivity contribution in [2.24, 2.45) is 0 Å². The topological polar surface area (TPSA) is 93.8 Å². The summed E-state index contributed by atoms with van der Waals surface area (Å²) in [5, 5.41) is 11.6. The number of ether oxygens (including phenoxy) is 2. The van der Waals surface area contributed by atoms with Crippen LogP contribution in [0.15, 0.2) is 18.2 Å². The molecule has 0 radical (unpaired) electrons. The molecular weight excluding hydrogens is 260 g/mol. The maximum atomic E-state index is 12.2. The Kier molecular flexibility index (Phi) is 7.00. The van der Waals surface area contributed by atoms with E-state index in [-0.39, 0.29) is 18.4 Å². The van der Waals surface area contributed by atoms with Crippen LogP contribution in [0, 0.1) is 0 Å². The molecule has 112 valence electrons. The summed E-state index contributed by atoms with van der Waals surface area (Å²) in [6, 6.07) is 4.65. The first-order valence-corrected chi connectivity index (χ1v) is 6.50. The van der Waals surface area contributed by atoms with Crippen LogP contribution in [-0.4, -0.2) is 50.4 Å². The molecule has 0 heterocycles. The minimum absolute atomic E-state index is 0.000388. The molecule has 1 aromatic rings. The number of methoxy groups -OCH3 is 1. The summed E-state index contributed by atoms with van der Waals surface area (Å²) in [5.74, 6) is 0.515. The zero-order valence-electron chi connectivity index (χ0n) is 11.9. The van der Waals surface area contributed by atoms with Gasteiger partial charge in [0.05, 0.1) is 38.7 Å². The van der Waals surface area contributed by atoms with Crippen LogP contribution in [0.3, 0.4) is 0 Å². The molecule has 0 fully saturated rings. The lowest BCUT2D eigenvalue weighted by molar-refractivity contribution is 0.0870. The average molecular weight is 282 g/mol. The van der Waals surface area contributed by atoms with Crippen LogP contribution in [0.5, 0.6) is 5.75 Å².